The Morgan fingerprint density at radius 1 is 0.431 bits per heavy atom. The third kappa shape index (κ3) is 30.1. The number of carboxylic acids is 1. The van der Waals surface area contributed by atoms with Crippen LogP contribution in [0, 0.1) is 5.41 Å². The van der Waals surface area contributed by atoms with Crippen molar-refractivity contribution in [2.45, 2.75) is 176 Å². The van der Waals surface area contributed by atoms with E-state index in [0.717, 1.165) is 13.8 Å². The van der Waals surface area contributed by atoms with Gasteiger partial charge in [-0.2, -0.15) is 25.3 Å². The van der Waals surface area contributed by atoms with Gasteiger partial charge >= 0.3 is 5.97 Å². The van der Waals surface area contributed by atoms with Gasteiger partial charge in [-0.25, -0.2) is 4.79 Å². The predicted molar refractivity (Wildman–Crippen MR) is 412 cm³/mol. The molecule has 5 aromatic rings. The Balaban J connectivity index is 1.49. The molecule has 36 heteroatoms. The number of H-pyrrole nitrogens is 1. The second kappa shape index (κ2) is 46.9. The summed E-state index contributed by atoms with van der Waals surface area (Å²) in [5.74, 6) is -12.8. The van der Waals surface area contributed by atoms with Crippen molar-refractivity contribution in [1.29, 1.82) is 5.41 Å². The fourth-order valence-electron chi connectivity index (χ4n) is 11.4. The molecule has 0 spiro atoms. The number of amides is 11. The number of fused-ring (bicyclic) bond motifs is 1. The van der Waals surface area contributed by atoms with Crippen LogP contribution in [0.4, 0.5) is 0 Å². The third-order valence-electron chi connectivity index (χ3n) is 17.5. The number of guanidine groups is 1. The highest BCUT2D eigenvalue weighted by molar-refractivity contribution is 7.80. The molecule has 0 unspecified atom stereocenters. The van der Waals surface area contributed by atoms with E-state index in [2.05, 4.69) is 94.0 Å². The molecule has 4 aromatic carbocycles. The first-order valence-electron chi connectivity index (χ1n) is 35.8. The van der Waals surface area contributed by atoms with Crippen molar-refractivity contribution in [3.63, 3.8) is 0 Å². The number of aliphatic hydroxyl groups is 3. The Kier molecular flexibility index (Phi) is 38.5. The summed E-state index contributed by atoms with van der Waals surface area (Å²) in [5.41, 5.74) is 25.9. The third-order valence-corrected chi connectivity index (χ3v) is 18.3. The molecular weight excluding hydrogens is 1450 g/mol. The van der Waals surface area contributed by atoms with Gasteiger partial charge in [-0.05, 0) is 107 Å². The molecule has 14 atom stereocenters. The van der Waals surface area contributed by atoms with Crippen molar-refractivity contribution in [2.24, 2.45) is 22.9 Å². The van der Waals surface area contributed by atoms with Gasteiger partial charge in [-0.3, -0.25) is 58.1 Å². The number of carboxylic acid groups (broad SMARTS) is 1. The summed E-state index contributed by atoms with van der Waals surface area (Å²) in [7, 11) is 0. The van der Waals surface area contributed by atoms with Crippen molar-refractivity contribution in [3.05, 3.63) is 144 Å². The molecule has 0 aliphatic rings. The number of aromatic amines is 1. The average Bonchev–Trinajstić information content (AvgIpc) is 1.78. The van der Waals surface area contributed by atoms with Crippen LogP contribution in [0.3, 0.4) is 0 Å². The molecule has 5 rings (SSSR count). The van der Waals surface area contributed by atoms with E-state index in [4.69, 9.17) is 28.3 Å². The molecule has 109 heavy (non-hydrogen) atoms. The lowest BCUT2D eigenvalue weighted by atomic mass is 10.00. The Morgan fingerprint density at radius 3 is 1.17 bits per heavy atom. The molecule has 0 aliphatic carbocycles. The van der Waals surface area contributed by atoms with Crippen LogP contribution in [0.2, 0.25) is 0 Å². The number of aromatic nitrogens is 1. The van der Waals surface area contributed by atoms with Crippen LogP contribution in [0.5, 0.6) is 0 Å². The zero-order chi connectivity index (χ0) is 80.1. The minimum atomic E-state index is -1.88. The Hall–Kier alpha value is -10.2. The summed E-state index contributed by atoms with van der Waals surface area (Å²) >= 11 is 8.02. The molecule has 11 amide bonds. The van der Waals surface area contributed by atoms with Gasteiger partial charge in [0.05, 0.1) is 24.9 Å². The minimum Gasteiger partial charge on any atom is -0.480 e. The van der Waals surface area contributed by atoms with E-state index in [9.17, 15) is 63.6 Å². The molecule has 594 valence electrons. The van der Waals surface area contributed by atoms with Gasteiger partial charge in [0.1, 0.15) is 66.5 Å². The highest BCUT2D eigenvalue weighted by Crippen LogP contribution is 2.21. The van der Waals surface area contributed by atoms with Crippen molar-refractivity contribution < 1.29 is 78.0 Å². The molecule has 0 fully saturated rings. The first-order chi connectivity index (χ1) is 52.1. The molecule has 0 saturated carbocycles. The number of carbonyl (C=O) groups excluding carboxylic acids is 11. The van der Waals surface area contributed by atoms with Crippen LogP contribution in [-0.2, 0) is 83.2 Å². The van der Waals surface area contributed by atoms with Crippen molar-refractivity contribution >= 4 is 113 Å². The fourth-order valence-corrected chi connectivity index (χ4v) is 11.9. The molecule has 0 aliphatic heterocycles. The number of hydrogen-bond donors (Lipinski definition) is 24. The summed E-state index contributed by atoms with van der Waals surface area (Å²) in [4.78, 5) is 173. The standard InChI is InChI=1S/C73H104N18O16S2/c1-41(93)59(70(104)87-55(35-45-23-10-5-11-24-45)68(102)91-60(42(2)94)71(105)88-57(38-92)69(103)89-58(40-109)72(106)107)90-64(98)51(28-15-17-31-75)83-67(101)56(36-46-37-80-49-26-13-12-25-47(46)49)86-66(100)54(34-44-21-8-4-9-22-44)85-65(99)53(33-43-19-6-3-7-20-43)84-63(97)52(29-18-32-79-73(77)78)82-62(96)50(27-14-16-30-74)81-61(95)48(76)39-108/h3-13,19-26,37,41-42,48,50-60,80,92-94,108-109H,14-18,27-36,38-40,74-76H2,1-2H3,(H,81,95)(H,82,96)(H,83,101)(H,84,97)(H,85,99)(H,86,100)(H,87,104)(H,88,105)(H,89,103)(H,90,98)(H,91,102)(H,106,107)(H4,77,78,79)/t41-,42-,48+,50+,51+,52-,53+,54+,55+,56-,57+,58+,59+,60+/m1/s1. The number of rotatable bonds is 48. The largest absolute Gasteiger partial charge is 0.480 e. The van der Waals surface area contributed by atoms with E-state index >= 15 is 14.4 Å². The lowest BCUT2D eigenvalue weighted by Crippen LogP contribution is -2.63. The number of benzene rings is 4. The van der Waals surface area contributed by atoms with E-state index in [1.54, 1.807) is 121 Å². The number of carbonyl (C=O) groups is 12. The van der Waals surface area contributed by atoms with Crippen molar-refractivity contribution in [1.82, 2.24) is 68.8 Å². The maximum absolute atomic E-state index is 15.4. The Labute approximate surface area is 642 Å². The van der Waals surface area contributed by atoms with E-state index in [-0.39, 0.29) is 88.3 Å². The molecule has 0 bridgehead atoms. The van der Waals surface area contributed by atoms with Gasteiger partial charge in [0.15, 0.2) is 5.96 Å². The summed E-state index contributed by atoms with van der Waals surface area (Å²) in [6.45, 7) is 1.76. The summed E-state index contributed by atoms with van der Waals surface area (Å²) < 4.78 is 0. The highest BCUT2D eigenvalue weighted by atomic mass is 32.1. The number of aliphatic carboxylic acids is 1. The van der Waals surface area contributed by atoms with E-state index < -0.39 is 162 Å². The van der Waals surface area contributed by atoms with Gasteiger partial charge in [0, 0.05) is 60.8 Å². The van der Waals surface area contributed by atoms with E-state index in [0.29, 0.717) is 59.0 Å². The number of hydrogen-bond acceptors (Lipinski definition) is 21. The minimum absolute atomic E-state index is 0.0381. The fraction of sp³-hybridized carbons (Fsp3) is 0.466. The summed E-state index contributed by atoms with van der Waals surface area (Å²) in [6, 6.07) is 13.9. The maximum Gasteiger partial charge on any atom is 0.327 e. The zero-order valence-corrected chi connectivity index (χ0v) is 62.5. The highest BCUT2D eigenvalue weighted by Gasteiger charge is 2.39. The Morgan fingerprint density at radius 2 is 0.771 bits per heavy atom. The topological polar surface area (TPSA) is 574 Å². The number of thiol groups is 2. The first kappa shape index (κ1) is 89.4. The number of nitrogens with one attached hydrogen (secondary N) is 14. The lowest BCUT2D eigenvalue weighted by molar-refractivity contribution is -0.142. The van der Waals surface area contributed by atoms with Gasteiger partial charge in [-0.1, -0.05) is 109 Å². The molecule has 34 nitrogen and oxygen atoms in total. The monoisotopic (exact) mass is 1550 g/mol. The van der Waals surface area contributed by atoms with Gasteiger partial charge in [0.2, 0.25) is 65.0 Å². The van der Waals surface area contributed by atoms with Crippen LogP contribution in [0.15, 0.2) is 121 Å². The smallest absolute Gasteiger partial charge is 0.327 e. The quantitative estimate of drug-likeness (QED) is 0.00772. The van der Waals surface area contributed by atoms with E-state index in [1.807, 2.05) is 0 Å². The second-order valence-corrected chi connectivity index (χ2v) is 26.9. The van der Waals surface area contributed by atoms with E-state index in [1.165, 1.54) is 0 Å². The first-order valence-corrected chi connectivity index (χ1v) is 37.0. The van der Waals surface area contributed by atoms with Gasteiger partial charge in [0.25, 0.3) is 0 Å². The normalized spacial score (nSPS) is 15.0. The maximum atomic E-state index is 15.4. The van der Waals surface area contributed by atoms with Crippen LogP contribution in [-0.4, -0.2) is 225 Å². The average molecular weight is 1550 g/mol. The summed E-state index contributed by atoms with van der Waals surface area (Å²) in [5, 5.41) is 80.7. The second-order valence-electron chi connectivity index (χ2n) is 26.2. The predicted octanol–water partition coefficient (Wildman–Crippen LogP) is -3.68. The van der Waals surface area contributed by atoms with Crippen LogP contribution in [0.1, 0.15) is 87.5 Å². The van der Waals surface area contributed by atoms with Gasteiger partial charge in [-0.15, -0.1) is 0 Å². The zero-order valence-electron chi connectivity index (χ0n) is 60.7. The van der Waals surface area contributed by atoms with Crippen molar-refractivity contribution in [3.8, 4) is 0 Å². The number of unbranched alkanes of at least 4 members (excludes halogenated alkanes) is 2. The van der Waals surface area contributed by atoms with Crippen LogP contribution in [0.25, 0.3) is 10.9 Å². The van der Waals surface area contributed by atoms with Gasteiger partial charge < -0.3 is 112 Å². The van der Waals surface area contributed by atoms with Crippen LogP contribution >= 0.6 is 25.3 Å². The Bertz CT molecular complexity index is 3810. The summed E-state index contributed by atoms with van der Waals surface area (Å²) in [6.07, 6.45) is -1.19. The molecule has 1 aromatic heterocycles. The molecule has 0 radical (unpaired) electrons. The molecular formula is C73H104N18O16S2. The number of aliphatic hydroxyl groups excluding tert-OH is 3. The number of nitrogens with two attached hydrogens (primary N) is 4. The lowest BCUT2D eigenvalue weighted by Gasteiger charge is -2.29. The molecule has 0 saturated heterocycles. The van der Waals surface area contributed by atoms with Crippen LogP contribution < -0.4 is 86.7 Å². The molecule has 1 heterocycles. The van der Waals surface area contributed by atoms with Crippen molar-refractivity contribution in [2.75, 3.05) is 37.7 Å². The number of para-hydroxylation sites is 1. The SMILES string of the molecule is C[C@@H](O)[C@H](NC(=O)[C@H](Cc1ccccc1)NC(=O)[C@@H](NC(=O)[C@H](CCCCN)NC(=O)[C@@H](Cc1c[nH]c2ccccc12)NC(=O)[C@H](Cc1ccccc1)NC(=O)[C@H](Cc1ccccc1)NC(=O)[C@@H](CCCNC(=N)N)NC(=O)[C@H](CCCCN)NC(=O)[C@@H](N)CS)[C@@H](C)O)C(=O)N[C@@H](CO)C(=O)N[C@@H](CS)C(=O)O. The molecule has 26 N–H and O–H groups in total.